The summed E-state index contributed by atoms with van der Waals surface area (Å²) in [6.07, 6.45) is 2.34. The van der Waals surface area contributed by atoms with Gasteiger partial charge in [0, 0.05) is 12.1 Å². The third-order valence-corrected chi connectivity index (χ3v) is 3.58. The molecule has 0 radical (unpaired) electrons. The van der Waals surface area contributed by atoms with Gasteiger partial charge in [-0.3, -0.25) is 4.79 Å². The van der Waals surface area contributed by atoms with Crippen LogP contribution in [-0.2, 0) is 17.6 Å². The van der Waals surface area contributed by atoms with Crippen molar-refractivity contribution in [3.8, 4) is 0 Å². The van der Waals surface area contributed by atoms with E-state index in [1.807, 2.05) is 26.0 Å². The van der Waals surface area contributed by atoms with Gasteiger partial charge >= 0.3 is 0 Å². The number of hydrogen-bond donors (Lipinski definition) is 1. The van der Waals surface area contributed by atoms with Crippen LogP contribution in [0.15, 0.2) is 42.5 Å². The van der Waals surface area contributed by atoms with Gasteiger partial charge in [0.25, 0.3) is 0 Å². The molecule has 0 saturated heterocycles. The molecule has 0 aliphatic carbocycles. The number of anilines is 1. The Bertz CT molecular complexity index is 594. The van der Waals surface area contributed by atoms with Gasteiger partial charge in [-0.1, -0.05) is 37.3 Å². The second kappa shape index (κ2) is 7.07. The van der Waals surface area contributed by atoms with Crippen LogP contribution in [0, 0.1) is 13.8 Å². The predicted molar refractivity (Wildman–Crippen MR) is 88.7 cm³/mol. The van der Waals surface area contributed by atoms with E-state index in [0.717, 1.165) is 18.5 Å². The van der Waals surface area contributed by atoms with E-state index in [4.69, 9.17) is 0 Å². The zero-order valence-corrected chi connectivity index (χ0v) is 13.1. The molecule has 0 bridgehead atoms. The van der Waals surface area contributed by atoms with E-state index in [1.165, 1.54) is 22.3 Å². The number of rotatable bonds is 5. The van der Waals surface area contributed by atoms with Gasteiger partial charge in [-0.15, -0.1) is 0 Å². The number of carbonyl (C=O) groups is 1. The van der Waals surface area contributed by atoms with Crippen molar-refractivity contribution < 1.29 is 4.79 Å². The maximum Gasteiger partial charge on any atom is 0.224 e. The second-order valence-electron chi connectivity index (χ2n) is 5.59. The second-order valence-corrected chi connectivity index (χ2v) is 5.59. The first-order valence-electron chi connectivity index (χ1n) is 7.53. The summed E-state index contributed by atoms with van der Waals surface area (Å²) in [5.41, 5.74) is 5.76. The Morgan fingerprint density at radius 1 is 0.952 bits per heavy atom. The Morgan fingerprint density at radius 2 is 1.52 bits per heavy atom. The molecule has 1 N–H and O–H groups in total. The molecule has 2 nitrogen and oxygen atoms in total. The number of carbonyl (C=O) groups excluding carboxylic acids is 1. The highest BCUT2D eigenvalue weighted by Crippen LogP contribution is 2.14. The summed E-state index contributed by atoms with van der Waals surface area (Å²) >= 11 is 0. The topological polar surface area (TPSA) is 29.1 Å². The molecule has 0 heterocycles. The molecule has 21 heavy (non-hydrogen) atoms. The largest absolute Gasteiger partial charge is 0.326 e. The zero-order valence-electron chi connectivity index (χ0n) is 13.1. The number of benzene rings is 2. The average molecular weight is 281 g/mol. The molecule has 0 aliphatic heterocycles. The SMILES string of the molecule is CCc1ccc(CCC(=O)Nc2cc(C)cc(C)c2)cc1. The Balaban J connectivity index is 1.89. The smallest absolute Gasteiger partial charge is 0.224 e. The van der Waals surface area contributed by atoms with Crippen molar-refractivity contribution in [1.29, 1.82) is 0 Å². The zero-order chi connectivity index (χ0) is 15.2. The molecule has 2 heteroatoms. The molecule has 0 unspecified atom stereocenters. The minimum atomic E-state index is 0.0690. The van der Waals surface area contributed by atoms with Gasteiger partial charge in [0.2, 0.25) is 5.91 Å². The van der Waals surface area contributed by atoms with Gasteiger partial charge in [-0.25, -0.2) is 0 Å². The molecule has 0 saturated carbocycles. The Kier molecular flexibility index (Phi) is 5.15. The fourth-order valence-electron chi connectivity index (χ4n) is 2.47. The first kappa shape index (κ1) is 15.3. The molecular formula is C19H23NO. The highest BCUT2D eigenvalue weighted by atomic mass is 16.1. The van der Waals surface area contributed by atoms with Crippen LogP contribution in [0.4, 0.5) is 5.69 Å². The number of nitrogens with one attached hydrogen (secondary N) is 1. The highest BCUT2D eigenvalue weighted by Gasteiger charge is 2.04. The van der Waals surface area contributed by atoms with Crippen LogP contribution in [0.5, 0.6) is 0 Å². The summed E-state index contributed by atoms with van der Waals surface area (Å²) in [6.45, 7) is 6.22. The van der Waals surface area contributed by atoms with Crippen molar-refractivity contribution in [2.24, 2.45) is 0 Å². The molecule has 1 amide bonds. The van der Waals surface area contributed by atoms with Crippen molar-refractivity contribution >= 4 is 11.6 Å². The Hall–Kier alpha value is -2.09. The monoisotopic (exact) mass is 281 g/mol. The van der Waals surface area contributed by atoms with Gasteiger partial charge in [0.05, 0.1) is 0 Å². The van der Waals surface area contributed by atoms with E-state index in [2.05, 4.69) is 42.6 Å². The quantitative estimate of drug-likeness (QED) is 0.862. The van der Waals surface area contributed by atoms with Crippen molar-refractivity contribution in [1.82, 2.24) is 0 Å². The first-order valence-corrected chi connectivity index (χ1v) is 7.53. The van der Waals surface area contributed by atoms with E-state index in [-0.39, 0.29) is 5.91 Å². The van der Waals surface area contributed by atoms with Crippen LogP contribution < -0.4 is 5.32 Å². The minimum absolute atomic E-state index is 0.0690. The molecule has 2 aromatic carbocycles. The minimum Gasteiger partial charge on any atom is -0.326 e. The molecule has 2 rings (SSSR count). The van der Waals surface area contributed by atoms with Crippen LogP contribution >= 0.6 is 0 Å². The molecule has 2 aromatic rings. The number of amides is 1. The summed E-state index contributed by atoms with van der Waals surface area (Å²) in [7, 11) is 0. The Labute approximate surface area is 127 Å². The predicted octanol–water partition coefficient (Wildman–Crippen LogP) is 4.44. The lowest BCUT2D eigenvalue weighted by Gasteiger charge is -2.08. The van der Waals surface area contributed by atoms with Crippen LogP contribution in [-0.4, -0.2) is 5.91 Å². The molecule has 0 aromatic heterocycles. The van der Waals surface area contributed by atoms with Crippen molar-refractivity contribution in [2.75, 3.05) is 5.32 Å². The van der Waals surface area contributed by atoms with Gasteiger partial charge in [0.15, 0.2) is 0 Å². The fraction of sp³-hybridized carbons (Fsp3) is 0.316. The highest BCUT2D eigenvalue weighted by molar-refractivity contribution is 5.91. The summed E-state index contributed by atoms with van der Waals surface area (Å²) in [4.78, 5) is 12.0. The number of aryl methyl sites for hydroxylation is 4. The maximum absolute atomic E-state index is 12.0. The van der Waals surface area contributed by atoms with Gasteiger partial charge in [-0.05, 0) is 61.1 Å². The third kappa shape index (κ3) is 4.75. The van der Waals surface area contributed by atoms with Crippen LogP contribution in [0.1, 0.15) is 35.6 Å². The van der Waals surface area contributed by atoms with Gasteiger partial charge < -0.3 is 5.32 Å². The lowest BCUT2D eigenvalue weighted by molar-refractivity contribution is -0.116. The van der Waals surface area contributed by atoms with E-state index in [9.17, 15) is 4.79 Å². The average Bonchev–Trinajstić information content (AvgIpc) is 2.44. The molecule has 0 spiro atoms. The maximum atomic E-state index is 12.0. The van der Waals surface area contributed by atoms with Crippen LogP contribution in [0.2, 0.25) is 0 Å². The number of hydrogen-bond acceptors (Lipinski definition) is 1. The summed E-state index contributed by atoms with van der Waals surface area (Å²) in [5, 5.41) is 2.98. The van der Waals surface area contributed by atoms with Crippen molar-refractivity contribution in [3.05, 3.63) is 64.7 Å². The van der Waals surface area contributed by atoms with E-state index >= 15 is 0 Å². The van der Waals surface area contributed by atoms with Gasteiger partial charge in [0.1, 0.15) is 0 Å². The molecule has 110 valence electrons. The van der Waals surface area contributed by atoms with Crippen molar-refractivity contribution in [3.63, 3.8) is 0 Å². The lowest BCUT2D eigenvalue weighted by atomic mass is 10.1. The van der Waals surface area contributed by atoms with Crippen LogP contribution in [0.3, 0.4) is 0 Å². The normalized spacial score (nSPS) is 10.4. The summed E-state index contributed by atoms with van der Waals surface area (Å²) in [6, 6.07) is 14.6. The fourth-order valence-corrected chi connectivity index (χ4v) is 2.47. The molecule has 0 aliphatic rings. The van der Waals surface area contributed by atoms with Crippen molar-refractivity contribution in [2.45, 2.75) is 40.0 Å². The van der Waals surface area contributed by atoms with Gasteiger partial charge in [-0.2, -0.15) is 0 Å². The first-order chi connectivity index (χ1) is 10.1. The molecule has 0 atom stereocenters. The summed E-state index contributed by atoms with van der Waals surface area (Å²) < 4.78 is 0. The molecular weight excluding hydrogens is 258 g/mol. The van der Waals surface area contributed by atoms with E-state index in [1.54, 1.807) is 0 Å². The standard InChI is InChI=1S/C19H23NO/c1-4-16-5-7-17(8-6-16)9-10-19(21)20-18-12-14(2)11-15(3)13-18/h5-8,11-13H,4,9-10H2,1-3H3,(H,20,21). The van der Waals surface area contributed by atoms with Crippen LogP contribution in [0.25, 0.3) is 0 Å². The lowest BCUT2D eigenvalue weighted by Crippen LogP contribution is -2.12. The summed E-state index contributed by atoms with van der Waals surface area (Å²) in [5.74, 6) is 0.0690. The third-order valence-electron chi connectivity index (χ3n) is 3.58. The van der Waals surface area contributed by atoms with E-state index in [0.29, 0.717) is 6.42 Å². The van der Waals surface area contributed by atoms with E-state index < -0.39 is 0 Å². The Morgan fingerprint density at radius 3 is 2.10 bits per heavy atom. The molecule has 0 fully saturated rings.